The van der Waals surface area contributed by atoms with Crippen molar-refractivity contribution >= 4 is 40.6 Å². The Bertz CT molecular complexity index is 1830. The maximum atomic E-state index is 13.4. The molecule has 45 heavy (non-hydrogen) atoms. The first kappa shape index (κ1) is 29.4. The molecular formula is C31H30N8O6. The Balaban J connectivity index is 1.23. The maximum absolute atomic E-state index is 13.4. The molecule has 0 bridgehead atoms. The van der Waals surface area contributed by atoms with Crippen LogP contribution in [0.15, 0.2) is 71.8 Å². The van der Waals surface area contributed by atoms with Crippen molar-refractivity contribution in [2.24, 2.45) is 7.05 Å². The molecule has 14 nitrogen and oxygen atoms in total. The van der Waals surface area contributed by atoms with E-state index in [4.69, 9.17) is 4.74 Å². The summed E-state index contributed by atoms with van der Waals surface area (Å²) in [7, 11) is 1.64. The van der Waals surface area contributed by atoms with Crippen LogP contribution < -0.4 is 20.7 Å². The van der Waals surface area contributed by atoms with E-state index in [0.717, 1.165) is 11.1 Å². The molecular weight excluding hydrogens is 580 g/mol. The van der Waals surface area contributed by atoms with E-state index in [-0.39, 0.29) is 29.1 Å². The minimum Gasteiger partial charge on any atom is -0.378 e. The predicted octanol–water partition coefficient (Wildman–Crippen LogP) is 3.72. The van der Waals surface area contributed by atoms with Crippen molar-refractivity contribution < 1.29 is 19.2 Å². The number of morpholine rings is 1. The number of aromatic nitrogens is 3. The summed E-state index contributed by atoms with van der Waals surface area (Å²) in [6.45, 7) is 4.81. The molecule has 0 radical (unpaired) electrons. The van der Waals surface area contributed by atoms with Gasteiger partial charge in [-0.1, -0.05) is 12.1 Å². The highest BCUT2D eigenvalue weighted by molar-refractivity contribution is 6.06. The number of nitrogens with one attached hydrogen (secondary N) is 1. The van der Waals surface area contributed by atoms with Crippen LogP contribution in [0.3, 0.4) is 0 Å². The van der Waals surface area contributed by atoms with Gasteiger partial charge in [0.25, 0.3) is 11.5 Å². The second-order valence-corrected chi connectivity index (χ2v) is 10.7. The van der Waals surface area contributed by atoms with Gasteiger partial charge in [-0.3, -0.25) is 19.4 Å². The van der Waals surface area contributed by atoms with Crippen molar-refractivity contribution in [1.82, 2.24) is 19.4 Å². The molecule has 0 aliphatic carbocycles. The number of benzene rings is 2. The normalized spacial score (nSPS) is 15.0. The number of aryl methyl sites for hydroxylation is 1. The summed E-state index contributed by atoms with van der Waals surface area (Å²) in [5, 5.41) is 14.1. The van der Waals surface area contributed by atoms with Crippen LogP contribution in [0, 0.1) is 17.0 Å². The number of anilines is 4. The van der Waals surface area contributed by atoms with Gasteiger partial charge in [-0.15, -0.1) is 0 Å². The van der Waals surface area contributed by atoms with Crippen LogP contribution in [0.5, 0.6) is 0 Å². The van der Waals surface area contributed by atoms with E-state index >= 15 is 0 Å². The highest BCUT2D eigenvalue weighted by Gasteiger charge is 2.33. The van der Waals surface area contributed by atoms with Crippen LogP contribution >= 0.6 is 0 Å². The molecule has 230 valence electrons. The number of urea groups is 1. The van der Waals surface area contributed by atoms with Crippen molar-refractivity contribution in [3.8, 4) is 11.3 Å². The fourth-order valence-corrected chi connectivity index (χ4v) is 5.44. The van der Waals surface area contributed by atoms with E-state index in [2.05, 4.69) is 15.3 Å². The molecule has 2 fully saturated rings. The molecule has 6 rings (SSSR count). The first-order valence-corrected chi connectivity index (χ1v) is 14.3. The summed E-state index contributed by atoms with van der Waals surface area (Å²) in [6.07, 6.45) is 2.96. The van der Waals surface area contributed by atoms with E-state index in [1.807, 2.05) is 25.1 Å². The number of hydrogen-bond donors (Lipinski definition) is 1. The summed E-state index contributed by atoms with van der Waals surface area (Å²) < 4.78 is 6.77. The van der Waals surface area contributed by atoms with Gasteiger partial charge in [-0.2, -0.15) is 0 Å². The molecule has 0 unspecified atom stereocenters. The van der Waals surface area contributed by atoms with Crippen molar-refractivity contribution in [3.63, 3.8) is 0 Å². The van der Waals surface area contributed by atoms with Crippen molar-refractivity contribution in [1.29, 1.82) is 0 Å². The lowest BCUT2D eigenvalue weighted by Gasteiger charge is -2.26. The van der Waals surface area contributed by atoms with Gasteiger partial charge < -0.3 is 29.6 Å². The van der Waals surface area contributed by atoms with Gasteiger partial charge in [-0.05, 0) is 58.8 Å². The Morgan fingerprint density at radius 1 is 0.978 bits per heavy atom. The number of amides is 3. The smallest absolute Gasteiger partial charge is 0.363 e. The third-order valence-electron chi connectivity index (χ3n) is 7.88. The lowest BCUT2D eigenvalue weighted by molar-refractivity contribution is -0.389. The van der Waals surface area contributed by atoms with E-state index in [9.17, 15) is 24.5 Å². The zero-order chi connectivity index (χ0) is 31.7. The molecule has 0 atom stereocenters. The van der Waals surface area contributed by atoms with Crippen LogP contribution in [-0.2, 0) is 11.8 Å². The highest BCUT2D eigenvalue weighted by atomic mass is 16.6. The molecule has 2 aliphatic rings. The molecule has 14 heteroatoms. The average Bonchev–Trinajstić information content (AvgIpc) is 3.44. The van der Waals surface area contributed by atoms with E-state index in [1.165, 1.54) is 27.8 Å². The third kappa shape index (κ3) is 5.82. The Morgan fingerprint density at radius 2 is 1.71 bits per heavy atom. The summed E-state index contributed by atoms with van der Waals surface area (Å²) in [5.41, 5.74) is 4.02. The van der Waals surface area contributed by atoms with E-state index < -0.39 is 4.92 Å². The summed E-state index contributed by atoms with van der Waals surface area (Å²) >= 11 is 0. The van der Waals surface area contributed by atoms with Crippen LogP contribution in [0.1, 0.15) is 15.9 Å². The van der Waals surface area contributed by atoms with Crippen LogP contribution in [0.2, 0.25) is 0 Å². The van der Waals surface area contributed by atoms with Gasteiger partial charge in [0, 0.05) is 68.0 Å². The number of hydrogen-bond acceptors (Lipinski definition) is 9. The summed E-state index contributed by atoms with van der Waals surface area (Å²) in [4.78, 5) is 63.1. The quantitative estimate of drug-likeness (QED) is 0.243. The Labute approximate surface area is 257 Å². The van der Waals surface area contributed by atoms with Gasteiger partial charge in [0.05, 0.1) is 24.6 Å². The Morgan fingerprint density at radius 3 is 2.40 bits per heavy atom. The number of nitro groups is 1. The van der Waals surface area contributed by atoms with Crippen LogP contribution in [0.25, 0.3) is 11.3 Å². The van der Waals surface area contributed by atoms with Gasteiger partial charge >= 0.3 is 11.8 Å². The minimum atomic E-state index is -0.587. The first-order valence-electron chi connectivity index (χ1n) is 14.3. The standard InChI is InChI=1S/C31H30N8O6/c1-20-24(4-3-5-26(20)38-13-12-37(31(38)42)23-10-11-27(32-18-23)39(43)44)25-19-35(2)30(41)28(34-25)33-22-8-6-21(7-9-22)29(40)36-14-16-45-17-15-36/h3-11,18-19H,12-17H2,1-2H3,(H,33,34). The number of ether oxygens (including phenoxy) is 1. The second-order valence-electron chi connectivity index (χ2n) is 10.7. The maximum Gasteiger partial charge on any atom is 0.363 e. The number of nitrogens with zero attached hydrogens (tertiary/aromatic N) is 7. The third-order valence-corrected chi connectivity index (χ3v) is 7.88. The van der Waals surface area contributed by atoms with Gasteiger partial charge in [0.2, 0.25) is 0 Å². The minimum absolute atomic E-state index is 0.0692. The molecule has 3 amide bonds. The summed E-state index contributed by atoms with van der Waals surface area (Å²) in [6, 6.07) is 14.9. The van der Waals surface area contributed by atoms with Gasteiger partial charge in [-0.25, -0.2) is 9.78 Å². The molecule has 2 aromatic heterocycles. The van der Waals surface area contributed by atoms with Crippen molar-refractivity contribution in [3.05, 3.63) is 98.6 Å². The lowest BCUT2D eigenvalue weighted by Crippen LogP contribution is -2.40. The number of carbonyl (C=O) groups is 2. The van der Waals surface area contributed by atoms with Crippen molar-refractivity contribution in [2.45, 2.75) is 6.92 Å². The molecule has 0 saturated carbocycles. The molecule has 2 aliphatic heterocycles. The predicted molar refractivity (Wildman–Crippen MR) is 167 cm³/mol. The van der Waals surface area contributed by atoms with E-state index in [0.29, 0.717) is 67.7 Å². The molecule has 2 aromatic carbocycles. The Kier molecular flexibility index (Phi) is 7.96. The van der Waals surface area contributed by atoms with Crippen LogP contribution in [0.4, 0.5) is 33.5 Å². The average molecular weight is 611 g/mol. The molecule has 4 heterocycles. The Hall–Kier alpha value is -5.63. The van der Waals surface area contributed by atoms with Crippen LogP contribution in [-0.4, -0.2) is 75.7 Å². The molecule has 1 N–H and O–H groups in total. The number of carbonyl (C=O) groups excluding carboxylic acids is 2. The number of rotatable bonds is 7. The molecule has 4 aromatic rings. The van der Waals surface area contributed by atoms with Gasteiger partial charge in [0.15, 0.2) is 12.0 Å². The number of pyridine rings is 1. The second kappa shape index (κ2) is 12.2. The summed E-state index contributed by atoms with van der Waals surface area (Å²) in [5.74, 6) is -0.248. The topological polar surface area (TPSA) is 156 Å². The fraction of sp³-hybridized carbons (Fsp3) is 0.258. The largest absolute Gasteiger partial charge is 0.378 e. The van der Waals surface area contributed by atoms with Gasteiger partial charge in [0.1, 0.15) is 0 Å². The first-order chi connectivity index (χ1) is 21.7. The molecule has 2 saturated heterocycles. The van der Waals surface area contributed by atoms with Crippen molar-refractivity contribution in [2.75, 3.05) is 54.5 Å². The molecule has 0 spiro atoms. The SMILES string of the molecule is Cc1c(-c2cn(C)c(=O)c(Nc3ccc(C(=O)N4CCOCC4)cc3)n2)cccc1N1CCN(c2ccc([N+](=O)[O-])nc2)C1=O. The lowest BCUT2D eigenvalue weighted by atomic mass is 10.0. The zero-order valence-electron chi connectivity index (χ0n) is 24.7. The van der Waals surface area contributed by atoms with E-state index in [1.54, 1.807) is 47.3 Å². The zero-order valence-corrected chi connectivity index (χ0v) is 24.7. The monoisotopic (exact) mass is 610 g/mol. The fourth-order valence-electron chi connectivity index (χ4n) is 5.44. The highest BCUT2D eigenvalue weighted by Crippen LogP contribution is 2.33.